The van der Waals surface area contributed by atoms with Crippen LogP contribution in [0, 0.1) is 0 Å². The first kappa shape index (κ1) is 13.2. The summed E-state index contributed by atoms with van der Waals surface area (Å²) in [5.74, 6) is 0. The number of nitrogens with zero attached hydrogens (tertiary/aromatic N) is 1. The van der Waals surface area contributed by atoms with Crippen molar-refractivity contribution in [1.29, 1.82) is 0 Å². The van der Waals surface area contributed by atoms with Gasteiger partial charge in [-0.05, 0) is 13.5 Å². The molecule has 1 aromatic carbocycles. The molecule has 3 heteroatoms. The van der Waals surface area contributed by atoms with Gasteiger partial charge in [-0.3, -0.25) is 0 Å². The summed E-state index contributed by atoms with van der Waals surface area (Å²) in [6.07, 6.45) is 3.45. The van der Waals surface area contributed by atoms with Crippen molar-refractivity contribution >= 4 is 11.3 Å². The molecule has 1 N–H and O–H groups in total. The maximum Gasteiger partial charge on any atom is 0.0948 e. The fourth-order valence-electron chi connectivity index (χ4n) is 2.05. The van der Waals surface area contributed by atoms with Crippen LogP contribution in [0.25, 0.3) is 11.3 Å². The zero-order chi connectivity index (χ0) is 12.8. The molecule has 0 aliphatic carbocycles. The fraction of sp³-hybridized carbons (Fsp3) is 0.400. The van der Waals surface area contributed by atoms with Gasteiger partial charge in [0.2, 0.25) is 0 Å². The molecule has 96 valence electrons. The third-order valence-corrected chi connectivity index (χ3v) is 3.96. The largest absolute Gasteiger partial charge is 0.317 e. The SMILES string of the molecule is CCCC(Cc1nc(-c2ccccc2)cs1)NC. The lowest BCUT2D eigenvalue weighted by atomic mass is 10.1. The van der Waals surface area contributed by atoms with E-state index in [0.717, 1.165) is 12.1 Å². The second-order valence-corrected chi connectivity index (χ2v) is 5.41. The van der Waals surface area contributed by atoms with Gasteiger partial charge in [-0.15, -0.1) is 11.3 Å². The molecule has 0 amide bonds. The van der Waals surface area contributed by atoms with E-state index in [9.17, 15) is 0 Å². The van der Waals surface area contributed by atoms with Crippen LogP contribution in [-0.4, -0.2) is 18.1 Å². The van der Waals surface area contributed by atoms with Crippen molar-refractivity contribution in [2.75, 3.05) is 7.05 Å². The maximum atomic E-state index is 4.73. The normalized spacial score (nSPS) is 12.6. The number of aromatic nitrogens is 1. The molecule has 1 heterocycles. The number of nitrogens with one attached hydrogen (secondary N) is 1. The molecule has 0 radical (unpaired) electrons. The van der Waals surface area contributed by atoms with Crippen molar-refractivity contribution in [2.45, 2.75) is 32.2 Å². The highest BCUT2D eigenvalue weighted by molar-refractivity contribution is 7.09. The number of thiazole rings is 1. The Kier molecular flexibility index (Phi) is 4.90. The number of hydrogen-bond acceptors (Lipinski definition) is 3. The summed E-state index contributed by atoms with van der Waals surface area (Å²) in [7, 11) is 2.03. The number of hydrogen-bond donors (Lipinski definition) is 1. The minimum atomic E-state index is 0.546. The molecule has 0 aliphatic heterocycles. The van der Waals surface area contributed by atoms with Crippen LogP contribution in [0.5, 0.6) is 0 Å². The average Bonchev–Trinajstić information content (AvgIpc) is 2.88. The maximum absolute atomic E-state index is 4.73. The van der Waals surface area contributed by atoms with Crippen LogP contribution in [-0.2, 0) is 6.42 Å². The second-order valence-electron chi connectivity index (χ2n) is 4.47. The van der Waals surface area contributed by atoms with Crippen LogP contribution >= 0.6 is 11.3 Å². The lowest BCUT2D eigenvalue weighted by Crippen LogP contribution is -2.27. The quantitative estimate of drug-likeness (QED) is 0.856. The minimum Gasteiger partial charge on any atom is -0.317 e. The lowest BCUT2D eigenvalue weighted by Gasteiger charge is -2.12. The first-order valence-electron chi connectivity index (χ1n) is 6.50. The van der Waals surface area contributed by atoms with Crippen LogP contribution in [0.3, 0.4) is 0 Å². The van der Waals surface area contributed by atoms with Gasteiger partial charge in [0.1, 0.15) is 0 Å². The van der Waals surface area contributed by atoms with Gasteiger partial charge >= 0.3 is 0 Å². The predicted octanol–water partition coefficient (Wildman–Crippen LogP) is 3.74. The van der Waals surface area contributed by atoms with Crippen LogP contribution in [0.1, 0.15) is 24.8 Å². The van der Waals surface area contributed by atoms with Crippen LogP contribution < -0.4 is 5.32 Å². The Morgan fingerprint density at radius 2 is 2.06 bits per heavy atom. The summed E-state index contributed by atoms with van der Waals surface area (Å²) in [4.78, 5) is 4.73. The average molecular weight is 260 g/mol. The molecule has 1 aromatic heterocycles. The molecule has 18 heavy (non-hydrogen) atoms. The summed E-state index contributed by atoms with van der Waals surface area (Å²) in [6, 6.07) is 10.9. The molecule has 0 saturated carbocycles. The second kappa shape index (κ2) is 6.66. The molecule has 0 fully saturated rings. The Morgan fingerprint density at radius 1 is 1.28 bits per heavy atom. The summed E-state index contributed by atoms with van der Waals surface area (Å²) >= 11 is 1.76. The zero-order valence-electron chi connectivity index (χ0n) is 11.0. The van der Waals surface area contributed by atoms with E-state index in [1.165, 1.54) is 23.4 Å². The third kappa shape index (κ3) is 3.40. The van der Waals surface area contributed by atoms with Crippen molar-refractivity contribution in [3.8, 4) is 11.3 Å². The molecular weight excluding hydrogens is 240 g/mol. The Morgan fingerprint density at radius 3 is 2.72 bits per heavy atom. The Hall–Kier alpha value is -1.19. The lowest BCUT2D eigenvalue weighted by molar-refractivity contribution is 0.513. The first-order valence-corrected chi connectivity index (χ1v) is 7.38. The number of benzene rings is 1. The van der Waals surface area contributed by atoms with Gasteiger partial charge in [-0.25, -0.2) is 4.98 Å². The topological polar surface area (TPSA) is 24.9 Å². The molecule has 1 atom stereocenters. The van der Waals surface area contributed by atoms with E-state index in [2.05, 4.69) is 41.9 Å². The molecule has 0 aliphatic rings. The van der Waals surface area contributed by atoms with Crippen molar-refractivity contribution in [3.05, 3.63) is 40.7 Å². The highest BCUT2D eigenvalue weighted by Gasteiger charge is 2.10. The van der Waals surface area contributed by atoms with E-state index in [1.54, 1.807) is 11.3 Å². The molecular formula is C15H20N2S. The van der Waals surface area contributed by atoms with Crippen LogP contribution in [0.2, 0.25) is 0 Å². The van der Waals surface area contributed by atoms with E-state index in [-0.39, 0.29) is 0 Å². The molecule has 0 saturated heterocycles. The summed E-state index contributed by atoms with van der Waals surface area (Å²) in [5, 5.41) is 6.75. The minimum absolute atomic E-state index is 0.546. The Bertz CT molecular complexity index is 464. The van der Waals surface area contributed by atoms with Gasteiger partial charge in [-0.1, -0.05) is 43.7 Å². The van der Waals surface area contributed by atoms with Crippen molar-refractivity contribution in [2.24, 2.45) is 0 Å². The van der Waals surface area contributed by atoms with Gasteiger partial charge in [0.05, 0.1) is 10.7 Å². The fourth-order valence-corrected chi connectivity index (χ4v) is 2.94. The Balaban J connectivity index is 2.06. The van der Waals surface area contributed by atoms with Crippen molar-refractivity contribution in [3.63, 3.8) is 0 Å². The molecule has 0 spiro atoms. The molecule has 2 nitrogen and oxygen atoms in total. The van der Waals surface area contributed by atoms with Crippen molar-refractivity contribution in [1.82, 2.24) is 10.3 Å². The standard InChI is InChI=1S/C15H20N2S/c1-3-7-13(16-2)10-15-17-14(11-18-15)12-8-5-4-6-9-12/h4-6,8-9,11,13,16H,3,7,10H2,1-2H3. The highest BCUT2D eigenvalue weighted by atomic mass is 32.1. The van der Waals surface area contributed by atoms with E-state index >= 15 is 0 Å². The number of likely N-dealkylation sites (N-methyl/N-ethyl adjacent to an activating group) is 1. The molecule has 0 bridgehead atoms. The van der Waals surface area contributed by atoms with Gasteiger partial charge < -0.3 is 5.32 Å². The number of rotatable bonds is 6. The molecule has 1 unspecified atom stereocenters. The summed E-state index contributed by atoms with van der Waals surface area (Å²) in [5.41, 5.74) is 2.30. The summed E-state index contributed by atoms with van der Waals surface area (Å²) in [6.45, 7) is 2.22. The van der Waals surface area contributed by atoms with Crippen LogP contribution in [0.4, 0.5) is 0 Å². The van der Waals surface area contributed by atoms with E-state index in [4.69, 9.17) is 4.98 Å². The smallest absolute Gasteiger partial charge is 0.0948 e. The van der Waals surface area contributed by atoms with E-state index in [0.29, 0.717) is 6.04 Å². The van der Waals surface area contributed by atoms with Crippen LogP contribution in [0.15, 0.2) is 35.7 Å². The van der Waals surface area contributed by atoms with Gasteiger partial charge in [-0.2, -0.15) is 0 Å². The first-order chi connectivity index (χ1) is 8.83. The highest BCUT2D eigenvalue weighted by Crippen LogP contribution is 2.22. The zero-order valence-corrected chi connectivity index (χ0v) is 11.8. The predicted molar refractivity (Wildman–Crippen MR) is 79.0 cm³/mol. The summed E-state index contributed by atoms with van der Waals surface area (Å²) < 4.78 is 0. The molecule has 2 rings (SSSR count). The monoisotopic (exact) mass is 260 g/mol. The van der Waals surface area contributed by atoms with E-state index in [1.807, 2.05) is 13.1 Å². The third-order valence-electron chi connectivity index (χ3n) is 3.09. The Labute approximate surface area is 113 Å². The van der Waals surface area contributed by atoms with Gasteiger partial charge in [0.15, 0.2) is 0 Å². The van der Waals surface area contributed by atoms with Crippen molar-refractivity contribution < 1.29 is 0 Å². The van der Waals surface area contributed by atoms with Gasteiger partial charge in [0.25, 0.3) is 0 Å². The van der Waals surface area contributed by atoms with Gasteiger partial charge in [0, 0.05) is 23.4 Å². The molecule has 2 aromatic rings. The van der Waals surface area contributed by atoms with E-state index < -0.39 is 0 Å².